The highest BCUT2D eigenvalue weighted by Crippen LogP contribution is 2.33. The largest absolute Gasteiger partial charge is 0.459 e. The van der Waals surface area contributed by atoms with E-state index < -0.39 is 5.91 Å². The summed E-state index contributed by atoms with van der Waals surface area (Å²) in [6, 6.07) is 1.75. The third kappa shape index (κ3) is 2.66. The minimum atomic E-state index is -0.434. The Hall–Kier alpha value is -1.51. The standard InChI is InChI=1S/C10H12N4O2S2/c1-5-9(18-10(11)13-5)17-4-6-2-3-16-7(6)8(15)14-12/h2-3H,4,12H2,1H3,(H2,11,13)(H,14,15). The summed E-state index contributed by atoms with van der Waals surface area (Å²) in [5.41, 5.74) is 9.36. The second-order valence-electron chi connectivity index (χ2n) is 3.46. The molecule has 0 aliphatic heterocycles. The highest BCUT2D eigenvalue weighted by Gasteiger charge is 2.15. The van der Waals surface area contributed by atoms with Gasteiger partial charge in [0.1, 0.15) is 0 Å². The summed E-state index contributed by atoms with van der Waals surface area (Å²) in [7, 11) is 0. The van der Waals surface area contributed by atoms with Crippen LogP contribution in [0.25, 0.3) is 0 Å². The van der Waals surface area contributed by atoms with Crippen molar-refractivity contribution < 1.29 is 9.21 Å². The quantitative estimate of drug-likeness (QED) is 0.340. The number of hydrogen-bond donors (Lipinski definition) is 3. The van der Waals surface area contributed by atoms with E-state index >= 15 is 0 Å². The molecule has 0 fully saturated rings. The van der Waals surface area contributed by atoms with E-state index in [1.54, 1.807) is 17.8 Å². The fourth-order valence-electron chi connectivity index (χ4n) is 1.39. The summed E-state index contributed by atoms with van der Waals surface area (Å²) in [6.45, 7) is 1.90. The van der Waals surface area contributed by atoms with Crippen LogP contribution in [0.2, 0.25) is 0 Å². The molecule has 18 heavy (non-hydrogen) atoms. The van der Waals surface area contributed by atoms with Crippen LogP contribution in [0.4, 0.5) is 5.13 Å². The molecule has 0 bridgehead atoms. The number of nitrogens with two attached hydrogens (primary N) is 2. The van der Waals surface area contributed by atoms with E-state index in [1.165, 1.54) is 17.6 Å². The lowest BCUT2D eigenvalue weighted by molar-refractivity contribution is 0.0925. The number of hydrogen-bond acceptors (Lipinski definition) is 7. The van der Waals surface area contributed by atoms with Crippen molar-refractivity contribution in [2.24, 2.45) is 5.84 Å². The number of carbonyl (C=O) groups is 1. The monoisotopic (exact) mass is 284 g/mol. The van der Waals surface area contributed by atoms with Gasteiger partial charge in [0.15, 0.2) is 10.9 Å². The van der Waals surface area contributed by atoms with Crippen LogP contribution >= 0.6 is 23.1 Å². The van der Waals surface area contributed by atoms with Gasteiger partial charge in [-0.2, -0.15) is 0 Å². The van der Waals surface area contributed by atoms with Crippen molar-refractivity contribution >= 4 is 34.1 Å². The molecule has 2 heterocycles. The molecular formula is C10H12N4O2S2. The molecular weight excluding hydrogens is 272 g/mol. The van der Waals surface area contributed by atoms with Gasteiger partial charge in [-0.3, -0.25) is 10.2 Å². The summed E-state index contributed by atoms with van der Waals surface area (Å²) in [6.07, 6.45) is 1.47. The first-order chi connectivity index (χ1) is 8.61. The number of aryl methyl sites for hydroxylation is 1. The number of hydrazine groups is 1. The number of anilines is 1. The second kappa shape index (κ2) is 5.42. The Morgan fingerprint density at radius 3 is 3.06 bits per heavy atom. The topological polar surface area (TPSA) is 107 Å². The van der Waals surface area contributed by atoms with Gasteiger partial charge in [0.05, 0.1) is 16.2 Å². The minimum absolute atomic E-state index is 0.236. The number of nitrogens with one attached hydrogen (secondary N) is 1. The number of rotatable bonds is 4. The van der Waals surface area contributed by atoms with E-state index in [0.29, 0.717) is 10.9 Å². The first-order valence-electron chi connectivity index (χ1n) is 5.05. The van der Waals surface area contributed by atoms with E-state index in [1.807, 2.05) is 12.3 Å². The maximum absolute atomic E-state index is 11.4. The van der Waals surface area contributed by atoms with Gasteiger partial charge in [-0.1, -0.05) is 11.3 Å². The summed E-state index contributed by atoms with van der Waals surface area (Å²) in [4.78, 5) is 15.5. The van der Waals surface area contributed by atoms with Gasteiger partial charge in [-0.05, 0) is 13.0 Å². The molecule has 2 aromatic heterocycles. The van der Waals surface area contributed by atoms with Crippen molar-refractivity contribution in [3.63, 3.8) is 0 Å². The van der Waals surface area contributed by atoms with E-state index in [9.17, 15) is 4.79 Å². The van der Waals surface area contributed by atoms with Crippen LogP contribution in [-0.4, -0.2) is 10.9 Å². The summed E-state index contributed by atoms with van der Waals surface area (Å²) in [5.74, 6) is 5.48. The number of thiazole rings is 1. The predicted octanol–water partition coefficient (Wildman–Crippen LogP) is 1.52. The van der Waals surface area contributed by atoms with Crippen LogP contribution in [-0.2, 0) is 5.75 Å². The maximum atomic E-state index is 11.4. The Balaban J connectivity index is 2.09. The van der Waals surface area contributed by atoms with Crippen molar-refractivity contribution in [2.45, 2.75) is 16.9 Å². The third-order valence-corrected chi connectivity index (χ3v) is 4.61. The van der Waals surface area contributed by atoms with Crippen molar-refractivity contribution in [1.82, 2.24) is 10.4 Å². The molecule has 96 valence electrons. The predicted molar refractivity (Wildman–Crippen MR) is 71.2 cm³/mol. The molecule has 0 radical (unpaired) electrons. The van der Waals surface area contributed by atoms with Crippen LogP contribution in [0.5, 0.6) is 0 Å². The second-order valence-corrected chi connectivity index (χ2v) is 5.74. The van der Waals surface area contributed by atoms with Crippen LogP contribution in [0.15, 0.2) is 21.0 Å². The molecule has 0 aliphatic rings. The number of carbonyl (C=O) groups excluding carboxylic acids is 1. The Morgan fingerprint density at radius 1 is 1.67 bits per heavy atom. The van der Waals surface area contributed by atoms with E-state index in [2.05, 4.69) is 4.98 Å². The first-order valence-corrected chi connectivity index (χ1v) is 6.85. The maximum Gasteiger partial charge on any atom is 0.301 e. The van der Waals surface area contributed by atoms with Crippen LogP contribution in [0, 0.1) is 6.92 Å². The van der Waals surface area contributed by atoms with Crippen LogP contribution in [0.3, 0.4) is 0 Å². The average Bonchev–Trinajstić information content (AvgIpc) is 2.92. The van der Waals surface area contributed by atoms with Gasteiger partial charge in [-0.15, -0.1) is 11.8 Å². The highest BCUT2D eigenvalue weighted by atomic mass is 32.2. The normalized spacial score (nSPS) is 10.6. The molecule has 8 heteroatoms. The molecule has 0 unspecified atom stereocenters. The Labute approximate surface area is 112 Å². The smallest absolute Gasteiger partial charge is 0.301 e. The Morgan fingerprint density at radius 2 is 2.44 bits per heavy atom. The van der Waals surface area contributed by atoms with Crippen LogP contribution in [0.1, 0.15) is 21.8 Å². The molecule has 0 aliphatic carbocycles. The fourth-order valence-corrected chi connectivity index (χ4v) is 3.40. The molecule has 1 amide bonds. The Kier molecular flexibility index (Phi) is 3.90. The first kappa shape index (κ1) is 12.9. The number of aromatic nitrogens is 1. The van der Waals surface area contributed by atoms with E-state index in [4.69, 9.17) is 16.0 Å². The zero-order chi connectivity index (χ0) is 13.1. The average molecular weight is 284 g/mol. The highest BCUT2D eigenvalue weighted by molar-refractivity contribution is 8.00. The Bertz CT molecular complexity index is 564. The van der Waals surface area contributed by atoms with Gasteiger partial charge >= 0.3 is 5.91 Å². The fraction of sp³-hybridized carbons (Fsp3) is 0.200. The summed E-state index contributed by atoms with van der Waals surface area (Å²) < 4.78 is 6.13. The van der Waals surface area contributed by atoms with Gasteiger partial charge < -0.3 is 10.2 Å². The lowest BCUT2D eigenvalue weighted by Gasteiger charge is -2.00. The van der Waals surface area contributed by atoms with Crippen molar-refractivity contribution in [3.05, 3.63) is 29.3 Å². The van der Waals surface area contributed by atoms with Gasteiger partial charge in [-0.25, -0.2) is 10.8 Å². The molecule has 0 spiro atoms. The molecule has 6 nitrogen and oxygen atoms in total. The van der Waals surface area contributed by atoms with Crippen molar-refractivity contribution in [2.75, 3.05) is 5.73 Å². The van der Waals surface area contributed by atoms with E-state index in [-0.39, 0.29) is 5.76 Å². The zero-order valence-electron chi connectivity index (χ0n) is 9.60. The molecule has 2 aromatic rings. The summed E-state index contributed by atoms with van der Waals surface area (Å²) >= 11 is 2.99. The van der Waals surface area contributed by atoms with E-state index in [0.717, 1.165) is 15.5 Å². The van der Waals surface area contributed by atoms with Crippen LogP contribution < -0.4 is 17.0 Å². The number of furan rings is 1. The van der Waals surface area contributed by atoms with Crippen molar-refractivity contribution in [3.8, 4) is 0 Å². The molecule has 0 aromatic carbocycles. The van der Waals surface area contributed by atoms with Gasteiger partial charge in [0, 0.05) is 11.3 Å². The number of nitrogen functional groups attached to an aromatic ring is 2. The minimum Gasteiger partial charge on any atom is -0.459 e. The van der Waals surface area contributed by atoms with Gasteiger partial charge in [0.2, 0.25) is 0 Å². The lowest BCUT2D eigenvalue weighted by atomic mass is 10.3. The lowest BCUT2D eigenvalue weighted by Crippen LogP contribution is -2.30. The molecule has 0 saturated carbocycles. The molecule has 0 saturated heterocycles. The number of nitrogens with zero attached hydrogens (tertiary/aromatic N) is 1. The van der Waals surface area contributed by atoms with Crippen molar-refractivity contribution in [1.29, 1.82) is 0 Å². The number of thioether (sulfide) groups is 1. The molecule has 5 N–H and O–H groups in total. The number of amides is 1. The molecule has 0 atom stereocenters. The summed E-state index contributed by atoms with van der Waals surface area (Å²) in [5, 5.41) is 0.544. The SMILES string of the molecule is Cc1nc(N)sc1SCc1ccoc1C(=O)NN. The van der Waals surface area contributed by atoms with Gasteiger partial charge in [0.25, 0.3) is 0 Å². The zero-order valence-corrected chi connectivity index (χ0v) is 11.2. The third-order valence-electron chi connectivity index (χ3n) is 2.21. The molecule has 2 rings (SSSR count).